The van der Waals surface area contributed by atoms with Gasteiger partial charge in [0.25, 0.3) is 0 Å². The summed E-state index contributed by atoms with van der Waals surface area (Å²) in [6.07, 6.45) is 1.99. The van der Waals surface area contributed by atoms with Gasteiger partial charge in [0.2, 0.25) is 0 Å². The standard InChI is InChI=1S/C14H10BrN/c15-13-8-11(14(9-16)5-6-14)7-10-3-1-2-4-12(10)13/h1-4,7-8H,5-6H2. The Kier molecular flexibility index (Phi) is 2.05. The topological polar surface area (TPSA) is 23.8 Å². The van der Waals surface area contributed by atoms with E-state index in [1.807, 2.05) is 12.1 Å². The third-order valence-corrected chi connectivity index (χ3v) is 3.98. The maximum Gasteiger partial charge on any atom is 0.0824 e. The number of fused-ring (bicyclic) bond motifs is 1. The van der Waals surface area contributed by atoms with Gasteiger partial charge in [-0.25, -0.2) is 0 Å². The van der Waals surface area contributed by atoms with E-state index >= 15 is 0 Å². The summed E-state index contributed by atoms with van der Waals surface area (Å²) in [7, 11) is 0. The summed E-state index contributed by atoms with van der Waals surface area (Å²) in [4.78, 5) is 0. The molecule has 0 atom stereocenters. The SMILES string of the molecule is N#CC1(c2cc(Br)c3ccccc3c2)CC1. The van der Waals surface area contributed by atoms with Gasteiger partial charge in [0, 0.05) is 4.47 Å². The molecule has 0 radical (unpaired) electrons. The number of hydrogen-bond donors (Lipinski definition) is 0. The van der Waals surface area contributed by atoms with Crippen LogP contribution in [0.5, 0.6) is 0 Å². The van der Waals surface area contributed by atoms with Gasteiger partial charge in [-0.1, -0.05) is 40.2 Å². The quantitative estimate of drug-likeness (QED) is 0.764. The summed E-state index contributed by atoms with van der Waals surface area (Å²) in [6, 6.07) is 14.9. The molecule has 1 aliphatic rings. The van der Waals surface area contributed by atoms with Crippen LogP contribution in [0.4, 0.5) is 0 Å². The van der Waals surface area contributed by atoms with Gasteiger partial charge in [0.1, 0.15) is 0 Å². The van der Waals surface area contributed by atoms with E-state index in [0.29, 0.717) is 0 Å². The highest BCUT2D eigenvalue weighted by Gasteiger charge is 2.45. The molecule has 0 aliphatic heterocycles. The van der Waals surface area contributed by atoms with Crippen LogP contribution in [0.15, 0.2) is 40.9 Å². The van der Waals surface area contributed by atoms with Crippen molar-refractivity contribution in [1.82, 2.24) is 0 Å². The summed E-state index contributed by atoms with van der Waals surface area (Å²) in [5.41, 5.74) is 0.951. The zero-order valence-corrected chi connectivity index (χ0v) is 10.3. The Hall–Kier alpha value is -1.33. The van der Waals surface area contributed by atoms with Crippen molar-refractivity contribution >= 4 is 26.7 Å². The number of benzene rings is 2. The first kappa shape index (κ1) is 9.86. The molecule has 0 aromatic heterocycles. The Bertz CT molecular complexity index is 606. The van der Waals surface area contributed by atoms with Crippen molar-refractivity contribution in [2.45, 2.75) is 18.3 Å². The second-order valence-electron chi connectivity index (χ2n) is 4.37. The molecule has 78 valence electrons. The number of nitrogens with zero attached hydrogens (tertiary/aromatic N) is 1. The first-order valence-corrected chi connectivity index (χ1v) is 6.14. The van der Waals surface area contributed by atoms with Crippen molar-refractivity contribution in [2.75, 3.05) is 0 Å². The van der Waals surface area contributed by atoms with Gasteiger partial charge >= 0.3 is 0 Å². The van der Waals surface area contributed by atoms with Crippen molar-refractivity contribution in [3.05, 3.63) is 46.4 Å². The number of hydrogen-bond acceptors (Lipinski definition) is 1. The van der Waals surface area contributed by atoms with Crippen LogP contribution < -0.4 is 0 Å². The molecular formula is C14H10BrN. The van der Waals surface area contributed by atoms with Crippen molar-refractivity contribution in [1.29, 1.82) is 5.26 Å². The largest absolute Gasteiger partial charge is 0.197 e. The average Bonchev–Trinajstić information content (AvgIpc) is 3.10. The second kappa shape index (κ2) is 3.33. The first-order valence-electron chi connectivity index (χ1n) is 5.35. The van der Waals surface area contributed by atoms with Crippen LogP contribution in [0.3, 0.4) is 0 Å². The van der Waals surface area contributed by atoms with Crippen molar-refractivity contribution in [3.63, 3.8) is 0 Å². The lowest BCUT2D eigenvalue weighted by Gasteiger charge is -2.09. The third kappa shape index (κ3) is 1.36. The fourth-order valence-electron chi connectivity index (χ4n) is 2.13. The van der Waals surface area contributed by atoms with Crippen molar-refractivity contribution in [2.24, 2.45) is 0 Å². The molecule has 0 saturated heterocycles. The molecule has 0 heterocycles. The molecule has 1 saturated carbocycles. The minimum atomic E-state index is -0.202. The molecule has 0 bridgehead atoms. The van der Waals surface area contributed by atoms with Gasteiger partial charge in [-0.15, -0.1) is 0 Å². The molecule has 2 aromatic carbocycles. The zero-order valence-electron chi connectivity index (χ0n) is 8.70. The summed E-state index contributed by atoms with van der Waals surface area (Å²) in [5.74, 6) is 0. The Morgan fingerprint density at radius 1 is 1.19 bits per heavy atom. The van der Waals surface area contributed by atoms with Gasteiger partial charge in [0.05, 0.1) is 11.5 Å². The Labute approximate surface area is 103 Å². The van der Waals surface area contributed by atoms with Crippen LogP contribution in [0.1, 0.15) is 18.4 Å². The Morgan fingerprint density at radius 3 is 2.62 bits per heavy atom. The van der Waals surface area contributed by atoms with Crippen LogP contribution in [0, 0.1) is 11.3 Å². The summed E-state index contributed by atoms with van der Waals surface area (Å²) < 4.78 is 1.09. The van der Waals surface area contributed by atoms with Crippen LogP contribution >= 0.6 is 15.9 Å². The number of halogens is 1. The zero-order chi connectivity index (χ0) is 11.2. The highest BCUT2D eigenvalue weighted by atomic mass is 79.9. The van der Waals surface area contributed by atoms with Gasteiger partial charge in [-0.2, -0.15) is 5.26 Å². The molecule has 2 aromatic rings. The lowest BCUT2D eigenvalue weighted by Crippen LogP contribution is -2.02. The van der Waals surface area contributed by atoms with Crippen molar-refractivity contribution < 1.29 is 0 Å². The van der Waals surface area contributed by atoms with E-state index in [2.05, 4.69) is 46.3 Å². The molecule has 1 aliphatic carbocycles. The molecule has 2 heteroatoms. The van der Waals surface area contributed by atoms with E-state index in [1.165, 1.54) is 10.8 Å². The Morgan fingerprint density at radius 2 is 1.94 bits per heavy atom. The maximum atomic E-state index is 9.21. The van der Waals surface area contributed by atoms with Gasteiger partial charge in [0.15, 0.2) is 0 Å². The lowest BCUT2D eigenvalue weighted by molar-refractivity contribution is 0.910. The van der Waals surface area contributed by atoms with Gasteiger partial charge in [-0.3, -0.25) is 0 Å². The minimum absolute atomic E-state index is 0.202. The van der Waals surface area contributed by atoms with Crippen LogP contribution in [0.25, 0.3) is 10.8 Å². The molecule has 0 N–H and O–H groups in total. The highest BCUT2D eigenvalue weighted by molar-refractivity contribution is 9.10. The predicted molar refractivity (Wildman–Crippen MR) is 68.2 cm³/mol. The van der Waals surface area contributed by atoms with Crippen LogP contribution in [0.2, 0.25) is 0 Å². The smallest absolute Gasteiger partial charge is 0.0824 e. The van der Waals surface area contributed by atoms with Crippen LogP contribution in [-0.2, 0) is 5.41 Å². The molecular weight excluding hydrogens is 262 g/mol. The third-order valence-electron chi connectivity index (χ3n) is 3.33. The van der Waals surface area contributed by atoms with Crippen LogP contribution in [-0.4, -0.2) is 0 Å². The molecule has 1 fully saturated rings. The molecule has 0 unspecified atom stereocenters. The lowest BCUT2D eigenvalue weighted by atomic mass is 9.95. The highest BCUT2D eigenvalue weighted by Crippen LogP contribution is 2.48. The summed E-state index contributed by atoms with van der Waals surface area (Å²) in [6.45, 7) is 0. The van der Waals surface area contributed by atoms with E-state index < -0.39 is 0 Å². The van der Waals surface area contributed by atoms with E-state index in [-0.39, 0.29) is 5.41 Å². The maximum absolute atomic E-state index is 9.21. The molecule has 3 rings (SSSR count). The van der Waals surface area contributed by atoms with Gasteiger partial charge in [-0.05, 0) is 41.3 Å². The van der Waals surface area contributed by atoms with Gasteiger partial charge < -0.3 is 0 Å². The van der Waals surface area contributed by atoms with E-state index in [4.69, 9.17) is 0 Å². The molecule has 0 spiro atoms. The number of nitriles is 1. The predicted octanol–water partition coefficient (Wildman–Crippen LogP) is 4.16. The minimum Gasteiger partial charge on any atom is -0.197 e. The average molecular weight is 272 g/mol. The second-order valence-corrected chi connectivity index (χ2v) is 5.23. The van der Waals surface area contributed by atoms with E-state index in [9.17, 15) is 5.26 Å². The van der Waals surface area contributed by atoms with E-state index in [1.54, 1.807) is 0 Å². The fourth-order valence-corrected chi connectivity index (χ4v) is 2.74. The summed E-state index contributed by atoms with van der Waals surface area (Å²) >= 11 is 3.59. The van der Waals surface area contributed by atoms with Crippen molar-refractivity contribution in [3.8, 4) is 6.07 Å². The first-order chi connectivity index (χ1) is 7.75. The molecule has 1 nitrogen and oxygen atoms in total. The molecule has 16 heavy (non-hydrogen) atoms. The Balaban J connectivity index is 2.27. The van der Waals surface area contributed by atoms with E-state index in [0.717, 1.165) is 22.9 Å². The monoisotopic (exact) mass is 271 g/mol. The molecule has 0 amide bonds. The normalized spacial score (nSPS) is 17.0. The number of rotatable bonds is 1. The fraction of sp³-hybridized carbons (Fsp3) is 0.214. The summed E-state index contributed by atoms with van der Waals surface area (Å²) in [5, 5.41) is 11.6.